The van der Waals surface area contributed by atoms with Crippen molar-refractivity contribution < 1.29 is 13.2 Å². The normalized spacial score (nSPS) is 11.7. The highest BCUT2D eigenvalue weighted by molar-refractivity contribution is 6.11. The van der Waals surface area contributed by atoms with Crippen molar-refractivity contribution in [3.8, 4) is 84.6 Å². The molecule has 0 aliphatic heterocycles. The second-order valence-electron chi connectivity index (χ2n) is 16.7. The minimum atomic E-state index is -4.77. The molecule has 0 atom stereocenters. The van der Waals surface area contributed by atoms with E-state index in [4.69, 9.17) is 19.9 Å². The summed E-state index contributed by atoms with van der Waals surface area (Å²) >= 11 is 0. The molecular weight excluding hydrogens is 836 g/mol. The van der Waals surface area contributed by atoms with E-state index in [-0.39, 0.29) is 17.0 Å². The number of aryl methyl sites for hydroxylation is 2. The highest BCUT2D eigenvalue weighted by Crippen LogP contribution is 2.46. The maximum absolute atomic E-state index is 15.8. The van der Waals surface area contributed by atoms with E-state index >= 15 is 13.2 Å². The molecule has 0 unspecified atom stereocenters. The van der Waals surface area contributed by atoms with E-state index in [1.165, 1.54) is 12.1 Å². The van der Waals surface area contributed by atoms with Crippen molar-refractivity contribution in [2.24, 2.45) is 0 Å². The van der Waals surface area contributed by atoms with Gasteiger partial charge in [0.25, 0.3) is 0 Å². The first-order valence-electron chi connectivity index (χ1n) is 22.0. The number of hydrogen-bond donors (Lipinski definition) is 0. The van der Waals surface area contributed by atoms with Crippen LogP contribution in [0.3, 0.4) is 0 Å². The molecule has 11 aromatic rings. The van der Waals surface area contributed by atoms with E-state index in [1.807, 2.05) is 146 Å². The van der Waals surface area contributed by atoms with Gasteiger partial charge in [-0.3, -0.25) is 0 Å². The third-order valence-corrected chi connectivity index (χ3v) is 12.2. The molecule has 0 N–H and O–H groups in total. The van der Waals surface area contributed by atoms with Crippen LogP contribution in [0.25, 0.3) is 106 Å². The molecule has 11 rings (SSSR count). The van der Waals surface area contributed by atoms with Crippen LogP contribution in [-0.2, 0) is 6.18 Å². The van der Waals surface area contributed by atoms with Gasteiger partial charge in [0.05, 0.1) is 45.1 Å². The summed E-state index contributed by atoms with van der Waals surface area (Å²) in [5.74, 6) is 0.495. The fraction of sp³-hybridized carbons (Fsp3) is 0.0508. The van der Waals surface area contributed by atoms with Crippen molar-refractivity contribution in [2.45, 2.75) is 20.0 Å². The van der Waals surface area contributed by atoms with Gasteiger partial charge in [0.15, 0.2) is 11.6 Å². The predicted molar refractivity (Wildman–Crippen MR) is 264 cm³/mol. The molecule has 0 saturated heterocycles. The zero-order valence-electron chi connectivity index (χ0n) is 36.5. The zero-order valence-corrected chi connectivity index (χ0v) is 36.5. The Morgan fingerprint density at radius 3 is 1.45 bits per heavy atom. The van der Waals surface area contributed by atoms with Crippen molar-refractivity contribution >= 4 is 21.8 Å². The van der Waals surface area contributed by atoms with Crippen molar-refractivity contribution in [2.75, 3.05) is 0 Å². The van der Waals surface area contributed by atoms with Crippen LogP contribution in [0.1, 0.15) is 16.7 Å². The first-order chi connectivity index (χ1) is 32.7. The molecule has 8 heteroatoms. The minimum absolute atomic E-state index is 0.125. The van der Waals surface area contributed by atoms with Crippen LogP contribution in [0.4, 0.5) is 13.2 Å². The fourth-order valence-electron chi connectivity index (χ4n) is 9.06. The van der Waals surface area contributed by atoms with Crippen LogP contribution >= 0.6 is 0 Å². The Morgan fingerprint density at radius 2 is 0.866 bits per heavy atom. The van der Waals surface area contributed by atoms with Gasteiger partial charge in [0, 0.05) is 44.2 Å². The van der Waals surface area contributed by atoms with Gasteiger partial charge in [-0.1, -0.05) is 175 Å². The third-order valence-electron chi connectivity index (χ3n) is 12.2. The quantitative estimate of drug-likeness (QED) is 0.153. The van der Waals surface area contributed by atoms with E-state index in [2.05, 4.69) is 60.9 Å². The fourth-order valence-corrected chi connectivity index (χ4v) is 9.06. The van der Waals surface area contributed by atoms with Gasteiger partial charge >= 0.3 is 6.18 Å². The molecule has 67 heavy (non-hydrogen) atoms. The second kappa shape index (κ2) is 16.8. The lowest BCUT2D eigenvalue weighted by molar-refractivity contribution is -0.137. The topological polar surface area (TPSA) is 56.5 Å². The van der Waals surface area contributed by atoms with Crippen molar-refractivity contribution in [1.82, 2.24) is 24.5 Å². The molecule has 0 spiro atoms. The monoisotopic (exact) mass is 875 g/mol. The molecule has 0 bridgehead atoms. The van der Waals surface area contributed by atoms with E-state index < -0.39 is 11.7 Å². The Labute approximate surface area is 385 Å². The van der Waals surface area contributed by atoms with Crippen molar-refractivity contribution in [1.29, 1.82) is 0 Å². The summed E-state index contributed by atoms with van der Waals surface area (Å²) in [7, 11) is 0. The lowest BCUT2D eigenvalue weighted by Gasteiger charge is -2.22. The maximum Gasteiger partial charge on any atom is 0.416 e. The average Bonchev–Trinajstić information content (AvgIpc) is 3.69. The number of nitrogens with zero attached hydrogens (tertiary/aromatic N) is 5. The Bertz CT molecular complexity index is 3360. The van der Waals surface area contributed by atoms with Crippen LogP contribution < -0.4 is 0 Å². The summed E-state index contributed by atoms with van der Waals surface area (Å²) in [4.78, 5) is 20.6. The first kappa shape index (κ1) is 41.2. The molecule has 0 saturated carbocycles. The zero-order chi connectivity index (χ0) is 45.6. The summed E-state index contributed by atoms with van der Waals surface area (Å²) < 4.78 is 49.4. The number of rotatable bonds is 8. The number of para-hydroxylation sites is 1. The van der Waals surface area contributed by atoms with Crippen LogP contribution in [0.15, 0.2) is 206 Å². The van der Waals surface area contributed by atoms with Gasteiger partial charge in [0.1, 0.15) is 0 Å². The largest absolute Gasteiger partial charge is 0.416 e. The third kappa shape index (κ3) is 7.82. The molecule has 0 fully saturated rings. The lowest BCUT2D eigenvalue weighted by Crippen LogP contribution is -2.11. The van der Waals surface area contributed by atoms with Crippen LogP contribution in [-0.4, -0.2) is 24.5 Å². The average molecular weight is 876 g/mol. The summed E-state index contributed by atoms with van der Waals surface area (Å²) in [5.41, 5.74) is 10.9. The summed E-state index contributed by atoms with van der Waals surface area (Å²) in [5, 5.41) is 1.87. The standard InChI is InChI=1S/C59H40F3N5/c1-37-27-29-45(38(2)31-37)43-28-30-47-46-25-15-16-26-54(46)67(55(47)32-43)56-48(53-36-52(41-21-11-5-12-22-41)63-57(66-53)42-23-13-6-14-24-42)33-44(59(60,61)62)34-49(56)58-64-50(39-17-7-3-8-18-39)35-51(65-58)40-19-9-4-10-20-40/h3-36H,1-2H3. The number of benzene rings is 8. The molecule has 8 aromatic carbocycles. The number of alkyl halides is 3. The summed E-state index contributed by atoms with van der Waals surface area (Å²) in [6.45, 7) is 4.17. The SMILES string of the molecule is Cc1ccc(-c2ccc3c4ccccc4n(-c4c(-c5cc(-c6ccccc6)nc(-c6ccccc6)n5)cc(C(F)(F)F)cc4-c4nc(-c5ccccc5)cc(-c5ccccc5)n4)c3c2)c(C)c1. The molecule has 5 nitrogen and oxygen atoms in total. The molecular formula is C59H40F3N5. The number of hydrogen-bond acceptors (Lipinski definition) is 4. The Balaban J connectivity index is 1.32. The van der Waals surface area contributed by atoms with Gasteiger partial charge < -0.3 is 4.57 Å². The van der Waals surface area contributed by atoms with E-state index in [0.717, 1.165) is 66.3 Å². The Hall–Kier alpha value is -8.49. The highest BCUT2D eigenvalue weighted by Gasteiger charge is 2.35. The van der Waals surface area contributed by atoms with Gasteiger partial charge in [-0.2, -0.15) is 13.2 Å². The van der Waals surface area contributed by atoms with Crippen molar-refractivity contribution in [3.63, 3.8) is 0 Å². The van der Waals surface area contributed by atoms with Gasteiger partial charge in [-0.05, 0) is 66.9 Å². The van der Waals surface area contributed by atoms with Gasteiger partial charge in [-0.15, -0.1) is 0 Å². The molecule has 3 aromatic heterocycles. The molecule has 322 valence electrons. The minimum Gasteiger partial charge on any atom is -0.308 e. The summed E-state index contributed by atoms with van der Waals surface area (Å²) in [6, 6.07) is 65.3. The first-order valence-corrected chi connectivity index (χ1v) is 22.0. The Morgan fingerprint density at radius 1 is 0.373 bits per heavy atom. The summed E-state index contributed by atoms with van der Waals surface area (Å²) in [6.07, 6.45) is -4.77. The predicted octanol–water partition coefficient (Wildman–Crippen LogP) is 15.7. The van der Waals surface area contributed by atoms with E-state index in [9.17, 15) is 0 Å². The van der Waals surface area contributed by atoms with Crippen LogP contribution in [0.5, 0.6) is 0 Å². The van der Waals surface area contributed by atoms with E-state index in [1.54, 1.807) is 6.07 Å². The smallest absolute Gasteiger partial charge is 0.308 e. The second-order valence-corrected chi connectivity index (χ2v) is 16.7. The molecule has 0 aliphatic rings. The maximum atomic E-state index is 15.8. The molecule has 0 aliphatic carbocycles. The van der Waals surface area contributed by atoms with E-state index in [0.29, 0.717) is 34.3 Å². The van der Waals surface area contributed by atoms with Gasteiger partial charge in [-0.25, -0.2) is 19.9 Å². The number of halogens is 3. The molecule has 0 radical (unpaired) electrons. The molecule has 0 amide bonds. The van der Waals surface area contributed by atoms with Crippen molar-refractivity contribution in [3.05, 3.63) is 223 Å². The van der Waals surface area contributed by atoms with Gasteiger partial charge in [0.2, 0.25) is 0 Å². The number of aromatic nitrogens is 5. The van der Waals surface area contributed by atoms with Crippen LogP contribution in [0.2, 0.25) is 0 Å². The van der Waals surface area contributed by atoms with Crippen LogP contribution in [0, 0.1) is 13.8 Å². The molecule has 3 heterocycles. The highest BCUT2D eigenvalue weighted by atomic mass is 19.4. The lowest BCUT2D eigenvalue weighted by atomic mass is 9.96. The number of fused-ring (bicyclic) bond motifs is 3. The Kier molecular flexibility index (Phi) is 10.3.